The maximum absolute atomic E-state index is 8.63. The molecule has 1 aromatic carbocycles. The summed E-state index contributed by atoms with van der Waals surface area (Å²) in [6.07, 6.45) is 19.3. The molecule has 0 aliphatic carbocycles. The normalized spacial score (nSPS) is 11.2. The Labute approximate surface area is 191 Å². The van der Waals surface area contributed by atoms with Crippen LogP contribution in [0.25, 0.3) is 0 Å². The molecule has 4 heteroatoms. The molecule has 0 radical (unpaired) electrons. The molecule has 0 fully saturated rings. The first-order valence-corrected chi connectivity index (χ1v) is 12.8. The highest BCUT2D eigenvalue weighted by molar-refractivity contribution is 5.26. The first-order chi connectivity index (χ1) is 15.4. The van der Waals surface area contributed by atoms with Crippen LogP contribution in [0.15, 0.2) is 24.3 Å². The minimum Gasteiger partial charge on any atom is -0.494 e. The molecule has 0 amide bonds. The lowest BCUT2D eigenvalue weighted by Crippen LogP contribution is -2.07. The van der Waals surface area contributed by atoms with Gasteiger partial charge in [-0.3, -0.25) is 0 Å². The van der Waals surface area contributed by atoms with Crippen LogP contribution in [0.2, 0.25) is 0 Å². The lowest BCUT2D eigenvalue weighted by atomic mass is 10.0. The van der Waals surface area contributed by atoms with Gasteiger partial charge in [-0.25, -0.2) is 0 Å². The number of aliphatic hydroxyl groups excluding tert-OH is 1. The van der Waals surface area contributed by atoms with Crippen LogP contribution >= 0.6 is 0 Å². The zero-order valence-corrected chi connectivity index (χ0v) is 20.1. The van der Waals surface area contributed by atoms with Gasteiger partial charge >= 0.3 is 0 Å². The summed E-state index contributed by atoms with van der Waals surface area (Å²) < 4.78 is 16.6. The molecule has 0 aliphatic rings. The molecule has 0 spiro atoms. The van der Waals surface area contributed by atoms with Gasteiger partial charge in [-0.15, -0.1) is 0 Å². The molecule has 0 atom stereocenters. The maximum Gasteiger partial charge on any atom is 0.119 e. The van der Waals surface area contributed by atoms with Crippen LogP contribution in [0.1, 0.15) is 102 Å². The van der Waals surface area contributed by atoms with Crippen molar-refractivity contribution in [2.75, 3.05) is 33.0 Å². The molecule has 180 valence electrons. The molecule has 4 nitrogen and oxygen atoms in total. The number of ether oxygens (including phenoxy) is 3. The summed E-state index contributed by atoms with van der Waals surface area (Å²) >= 11 is 0. The van der Waals surface area contributed by atoms with Gasteiger partial charge in [-0.1, -0.05) is 103 Å². The van der Waals surface area contributed by atoms with E-state index < -0.39 is 0 Å². The van der Waals surface area contributed by atoms with Crippen molar-refractivity contribution >= 4 is 0 Å². The van der Waals surface area contributed by atoms with E-state index >= 15 is 0 Å². The van der Waals surface area contributed by atoms with E-state index in [0.717, 1.165) is 24.3 Å². The number of aliphatic hydroxyl groups is 1. The second-order valence-electron chi connectivity index (χ2n) is 8.48. The van der Waals surface area contributed by atoms with Crippen molar-refractivity contribution in [1.82, 2.24) is 0 Å². The van der Waals surface area contributed by atoms with Crippen LogP contribution in [-0.2, 0) is 16.1 Å². The molecule has 0 bridgehead atoms. The highest BCUT2D eigenvalue weighted by Crippen LogP contribution is 2.15. The van der Waals surface area contributed by atoms with Crippen LogP contribution < -0.4 is 4.74 Å². The Balaban J connectivity index is 1.86. The van der Waals surface area contributed by atoms with Gasteiger partial charge < -0.3 is 19.3 Å². The van der Waals surface area contributed by atoms with Crippen LogP contribution in [0.4, 0.5) is 0 Å². The number of hydrogen-bond donors (Lipinski definition) is 1. The Hall–Kier alpha value is -1.10. The van der Waals surface area contributed by atoms with Crippen LogP contribution in [0, 0.1) is 0 Å². The fourth-order valence-corrected chi connectivity index (χ4v) is 3.64. The van der Waals surface area contributed by atoms with E-state index in [1.54, 1.807) is 0 Å². The third-order valence-corrected chi connectivity index (χ3v) is 5.57. The standard InChI is InChI=1S/C27H48O4/c1-2-3-4-5-6-7-8-9-10-11-12-13-14-15-21-31-27-18-16-26(17-19-27)25-30-24-23-29-22-20-28/h16-19,28H,2-15,20-25H2,1H3. The van der Waals surface area contributed by atoms with E-state index in [0.29, 0.717) is 26.4 Å². The Bertz CT molecular complexity index is 475. The molecule has 1 rings (SSSR count). The highest BCUT2D eigenvalue weighted by Gasteiger charge is 1.98. The lowest BCUT2D eigenvalue weighted by Gasteiger charge is -2.08. The summed E-state index contributed by atoms with van der Waals surface area (Å²) in [6, 6.07) is 8.14. The number of unbranched alkanes of at least 4 members (excludes halogenated alkanes) is 13. The summed E-state index contributed by atoms with van der Waals surface area (Å²) in [7, 11) is 0. The van der Waals surface area contributed by atoms with E-state index in [-0.39, 0.29) is 6.61 Å². The number of rotatable bonds is 23. The molecule has 0 aromatic heterocycles. The van der Waals surface area contributed by atoms with E-state index in [4.69, 9.17) is 19.3 Å². The van der Waals surface area contributed by atoms with Gasteiger partial charge in [0.15, 0.2) is 0 Å². The van der Waals surface area contributed by atoms with E-state index in [1.807, 2.05) is 12.1 Å². The summed E-state index contributed by atoms with van der Waals surface area (Å²) in [4.78, 5) is 0. The molecule has 0 saturated carbocycles. The van der Waals surface area contributed by atoms with Crippen molar-refractivity contribution in [3.8, 4) is 5.75 Å². The van der Waals surface area contributed by atoms with Crippen LogP contribution in [0.3, 0.4) is 0 Å². The smallest absolute Gasteiger partial charge is 0.119 e. The van der Waals surface area contributed by atoms with Gasteiger partial charge in [0.1, 0.15) is 5.75 Å². The number of benzene rings is 1. The predicted molar refractivity (Wildman–Crippen MR) is 130 cm³/mol. The average molecular weight is 437 g/mol. The zero-order chi connectivity index (χ0) is 22.2. The second kappa shape index (κ2) is 22.1. The van der Waals surface area contributed by atoms with E-state index in [9.17, 15) is 0 Å². The van der Waals surface area contributed by atoms with Crippen molar-refractivity contribution in [2.45, 2.75) is 103 Å². The third-order valence-electron chi connectivity index (χ3n) is 5.57. The van der Waals surface area contributed by atoms with Gasteiger partial charge in [0.05, 0.1) is 39.6 Å². The van der Waals surface area contributed by atoms with Gasteiger partial charge in [-0.05, 0) is 24.1 Å². The minimum absolute atomic E-state index is 0.0564. The minimum atomic E-state index is 0.0564. The van der Waals surface area contributed by atoms with Gasteiger partial charge in [0.25, 0.3) is 0 Å². The van der Waals surface area contributed by atoms with E-state index in [2.05, 4.69) is 19.1 Å². The van der Waals surface area contributed by atoms with Crippen molar-refractivity contribution < 1.29 is 19.3 Å². The molecule has 0 unspecified atom stereocenters. The highest BCUT2D eigenvalue weighted by atomic mass is 16.5. The SMILES string of the molecule is CCCCCCCCCCCCCCCCOc1ccc(COCCOCCO)cc1. The topological polar surface area (TPSA) is 47.9 Å². The summed E-state index contributed by atoms with van der Waals surface area (Å²) in [5.74, 6) is 0.935. The van der Waals surface area contributed by atoms with Gasteiger partial charge in [0.2, 0.25) is 0 Å². The fraction of sp³-hybridized carbons (Fsp3) is 0.778. The number of hydrogen-bond acceptors (Lipinski definition) is 4. The summed E-state index contributed by atoms with van der Waals surface area (Å²) in [6.45, 7) is 5.14. The first kappa shape index (κ1) is 27.9. The monoisotopic (exact) mass is 436 g/mol. The predicted octanol–water partition coefficient (Wildman–Crippen LogP) is 7.07. The molecule has 0 aliphatic heterocycles. The molecule has 0 heterocycles. The molecule has 1 aromatic rings. The second-order valence-corrected chi connectivity index (χ2v) is 8.48. The Morgan fingerprint density at radius 2 is 1.10 bits per heavy atom. The molecule has 1 N–H and O–H groups in total. The Morgan fingerprint density at radius 1 is 0.581 bits per heavy atom. The molecular formula is C27H48O4. The largest absolute Gasteiger partial charge is 0.494 e. The Morgan fingerprint density at radius 3 is 1.65 bits per heavy atom. The summed E-state index contributed by atoms with van der Waals surface area (Å²) in [5.41, 5.74) is 1.13. The van der Waals surface area contributed by atoms with Gasteiger partial charge in [-0.2, -0.15) is 0 Å². The van der Waals surface area contributed by atoms with Crippen molar-refractivity contribution in [3.05, 3.63) is 29.8 Å². The third kappa shape index (κ3) is 18.2. The molecule has 0 saturated heterocycles. The molecule has 31 heavy (non-hydrogen) atoms. The van der Waals surface area contributed by atoms with Crippen molar-refractivity contribution in [1.29, 1.82) is 0 Å². The van der Waals surface area contributed by atoms with Crippen LogP contribution in [0.5, 0.6) is 5.75 Å². The van der Waals surface area contributed by atoms with Gasteiger partial charge in [0, 0.05) is 0 Å². The maximum atomic E-state index is 8.63. The van der Waals surface area contributed by atoms with E-state index in [1.165, 1.54) is 83.5 Å². The quantitative estimate of drug-likeness (QED) is 0.186. The van der Waals surface area contributed by atoms with Crippen molar-refractivity contribution in [2.24, 2.45) is 0 Å². The average Bonchev–Trinajstić information content (AvgIpc) is 2.79. The summed E-state index contributed by atoms with van der Waals surface area (Å²) in [5, 5.41) is 8.63. The first-order valence-electron chi connectivity index (χ1n) is 12.8. The lowest BCUT2D eigenvalue weighted by molar-refractivity contribution is 0.0274. The van der Waals surface area contributed by atoms with Crippen LogP contribution in [-0.4, -0.2) is 38.1 Å². The zero-order valence-electron chi connectivity index (χ0n) is 20.1. The fourth-order valence-electron chi connectivity index (χ4n) is 3.64. The van der Waals surface area contributed by atoms with Crippen molar-refractivity contribution in [3.63, 3.8) is 0 Å². The molecular weight excluding hydrogens is 388 g/mol. The Kier molecular flexibility index (Phi) is 19.9.